The lowest BCUT2D eigenvalue weighted by Crippen LogP contribution is -2.49. The molecule has 1 unspecified atom stereocenters. The van der Waals surface area contributed by atoms with Crippen LogP contribution in [0.25, 0.3) is 0 Å². The van der Waals surface area contributed by atoms with Gasteiger partial charge in [0.1, 0.15) is 4.88 Å². The van der Waals surface area contributed by atoms with Crippen LogP contribution in [-0.4, -0.2) is 57.9 Å². The molecule has 6 nitrogen and oxygen atoms in total. The van der Waals surface area contributed by atoms with E-state index in [0.717, 1.165) is 42.7 Å². The highest BCUT2D eigenvalue weighted by molar-refractivity contribution is 7.17. The van der Waals surface area contributed by atoms with Crippen molar-refractivity contribution in [2.24, 2.45) is 5.92 Å². The van der Waals surface area contributed by atoms with E-state index in [9.17, 15) is 4.79 Å². The van der Waals surface area contributed by atoms with E-state index < -0.39 is 0 Å². The van der Waals surface area contributed by atoms with Gasteiger partial charge < -0.3 is 10.2 Å². The molecule has 0 bridgehead atoms. The molecule has 30 heavy (non-hydrogen) atoms. The molecule has 0 aromatic carbocycles. The Morgan fingerprint density at radius 1 is 1.20 bits per heavy atom. The molecule has 1 N–H and O–H groups in total. The van der Waals surface area contributed by atoms with Crippen molar-refractivity contribution in [1.29, 1.82) is 0 Å². The van der Waals surface area contributed by atoms with Crippen LogP contribution in [-0.2, 0) is 0 Å². The Morgan fingerprint density at radius 3 is 2.70 bits per heavy atom. The summed E-state index contributed by atoms with van der Waals surface area (Å²) >= 11 is 7.32. The Kier molecular flexibility index (Phi) is 6.91. The number of anilines is 1. The van der Waals surface area contributed by atoms with Crippen LogP contribution in [0.2, 0.25) is 5.02 Å². The number of likely N-dealkylation sites (tertiary alicyclic amines) is 2. The summed E-state index contributed by atoms with van der Waals surface area (Å²) < 4.78 is 0. The molecule has 2 aliphatic heterocycles. The standard InChI is InChI=1S/C22H30ClN5OS/c1-15-4-3-9-28(14-15)18-7-10-27(11-8-18)21(29)20-13-25-22(30-20)26-16(2)19-6-5-17(23)12-24-19/h5-6,12-13,15-16,18H,3-4,7-11,14H2,1-2H3,(H,25,26)/t15-,16?/m1/s1. The normalized spacial score (nSPS) is 22.1. The average Bonchev–Trinajstić information content (AvgIpc) is 3.22. The second-order valence-electron chi connectivity index (χ2n) is 8.56. The van der Waals surface area contributed by atoms with Gasteiger partial charge in [-0.1, -0.05) is 29.9 Å². The van der Waals surface area contributed by atoms with Crippen LogP contribution in [0.15, 0.2) is 24.5 Å². The van der Waals surface area contributed by atoms with Gasteiger partial charge in [0.05, 0.1) is 23.0 Å². The highest BCUT2D eigenvalue weighted by Crippen LogP contribution is 2.27. The van der Waals surface area contributed by atoms with Gasteiger partial charge in [0.25, 0.3) is 5.91 Å². The lowest BCUT2D eigenvalue weighted by Gasteiger charge is -2.41. The first-order valence-electron chi connectivity index (χ1n) is 10.9. The third-order valence-corrected chi connectivity index (χ3v) is 7.35. The molecule has 2 aromatic rings. The van der Waals surface area contributed by atoms with Crippen molar-refractivity contribution in [1.82, 2.24) is 19.8 Å². The number of rotatable bonds is 5. The molecular formula is C22H30ClN5OS. The molecule has 0 aliphatic carbocycles. The van der Waals surface area contributed by atoms with Gasteiger partial charge in [-0.15, -0.1) is 0 Å². The van der Waals surface area contributed by atoms with Crippen LogP contribution in [0.1, 0.15) is 60.9 Å². The molecule has 4 rings (SSSR count). The first-order valence-corrected chi connectivity index (χ1v) is 12.1. The molecule has 162 valence electrons. The number of hydrogen-bond acceptors (Lipinski definition) is 6. The average molecular weight is 448 g/mol. The van der Waals surface area contributed by atoms with Crippen molar-refractivity contribution in [3.63, 3.8) is 0 Å². The van der Waals surface area contributed by atoms with Crippen LogP contribution in [0, 0.1) is 5.92 Å². The van der Waals surface area contributed by atoms with E-state index >= 15 is 0 Å². The van der Waals surface area contributed by atoms with Crippen LogP contribution < -0.4 is 5.32 Å². The second-order valence-corrected chi connectivity index (χ2v) is 10.0. The molecule has 8 heteroatoms. The van der Waals surface area contributed by atoms with Gasteiger partial charge in [-0.2, -0.15) is 0 Å². The number of nitrogens with zero attached hydrogens (tertiary/aromatic N) is 4. The Labute approximate surface area is 187 Å². The number of thiazole rings is 1. The lowest BCUT2D eigenvalue weighted by molar-refractivity contribution is 0.0545. The number of carbonyl (C=O) groups is 1. The smallest absolute Gasteiger partial charge is 0.265 e. The summed E-state index contributed by atoms with van der Waals surface area (Å²) in [6.07, 6.45) is 8.13. The highest BCUT2D eigenvalue weighted by atomic mass is 35.5. The molecule has 2 fully saturated rings. The predicted octanol–water partition coefficient (Wildman–Crippen LogP) is 4.70. The fraction of sp³-hybridized carbons (Fsp3) is 0.591. The van der Waals surface area contributed by atoms with Crippen molar-refractivity contribution >= 4 is 34.0 Å². The molecule has 2 atom stereocenters. The van der Waals surface area contributed by atoms with E-state index in [0.29, 0.717) is 15.9 Å². The summed E-state index contributed by atoms with van der Waals surface area (Å²) in [5.41, 5.74) is 0.886. The summed E-state index contributed by atoms with van der Waals surface area (Å²) in [6, 6.07) is 4.34. The predicted molar refractivity (Wildman–Crippen MR) is 122 cm³/mol. The van der Waals surface area contributed by atoms with Crippen LogP contribution in [0.5, 0.6) is 0 Å². The topological polar surface area (TPSA) is 61.4 Å². The maximum Gasteiger partial charge on any atom is 0.265 e. The molecule has 4 heterocycles. The van der Waals surface area contributed by atoms with Gasteiger partial charge in [-0.25, -0.2) is 4.98 Å². The van der Waals surface area contributed by atoms with E-state index in [1.165, 1.54) is 37.3 Å². The number of aromatic nitrogens is 2. The molecule has 1 amide bonds. The molecule has 2 aliphatic rings. The van der Waals surface area contributed by atoms with E-state index in [-0.39, 0.29) is 11.9 Å². The van der Waals surface area contributed by atoms with E-state index in [4.69, 9.17) is 11.6 Å². The minimum Gasteiger partial charge on any atom is -0.353 e. The third kappa shape index (κ3) is 5.13. The van der Waals surface area contributed by atoms with Gasteiger partial charge in [0, 0.05) is 31.9 Å². The Hall–Kier alpha value is -1.70. The fourth-order valence-corrected chi connectivity index (χ4v) is 5.47. The molecule has 0 radical (unpaired) electrons. The number of carbonyl (C=O) groups excluding carboxylic acids is 1. The summed E-state index contributed by atoms with van der Waals surface area (Å²) in [5.74, 6) is 0.898. The van der Waals surface area contributed by atoms with Gasteiger partial charge in [0.15, 0.2) is 5.13 Å². The third-order valence-electron chi connectivity index (χ3n) is 6.21. The maximum atomic E-state index is 13.0. The Morgan fingerprint density at radius 2 is 2.00 bits per heavy atom. The molecule has 0 saturated carbocycles. The van der Waals surface area contributed by atoms with Gasteiger partial charge in [-0.3, -0.25) is 14.7 Å². The second kappa shape index (κ2) is 9.62. The zero-order chi connectivity index (χ0) is 21.1. The van der Waals surface area contributed by atoms with E-state index in [1.807, 2.05) is 24.0 Å². The SMILES string of the molecule is CC(Nc1ncc(C(=O)N2CCC(N3CCC[C@@H](C)C3)CC2)s1)c1ccc(Cl)cn1. The van der Waals surface area contributed by atoms with Gasteiger partial charge in [-0.05, 0) is 57.2 Å². The highest BCUT2D eigenvalue weighted by Gasteiger charge is 2.30. The maximum absolute atomic E-state index is 13.0. The number of halogens is 1. The number of amides is 1. The molecule has 2 aromatic heterocycles. The fourth-order valence-electron chi connectivity index (χ4n) is 4.49. The van der Waals surface area contributed by atoms with E-state index in [1.54, 1.807) is 12.4 Å². The Bertz CT molecular complexity index is 849. The zero-order valence-electron chi connectivity index (χ0n) is 17.7. The van der Waals surface area contributed by atoms with Crippen molar-refractivity contribution < 1.29 is 4.79 Å². The van der Waals surface area contributed by atoms with E-state index in [2.05, 4.69) is 27.1 Å². The molecular weight excluding hydrogens is 418 g/mol. The van der Waals surface area contributed by atoms with Gasteiger partial charge in [0.2, 0.25) is 0 Å². The largest absolute Gasteiger partial charge is 0.353 e. The molecule has 2 saturated heterocycles. The number of nitrogens with one attached hydrogen (secondary N) is 1. The minimum absolute atomic E-state index is 0.0148. The summed E-state index contributed by atoms with van der Waals surface area (Å²) in [5, 5.41) is 4.69. The summed E-state index contributed by atoms with van der Waals surface area (Å²) in [7, 11) is 0. The van der Waals surface area contributed by atoms with Crippen LogP contribution in [0.4, 0.5) is 5.13 Å². The van der Waals surface area contributed by atoms with Crippen LogP contribution in [0.3, 0.4) is 0 Å². The quantitative estimate of drug-likeness (QED) is 0.719. The van der Waals surface area contributed by atoms with Gasteiger partial charge >= 0.3 is 0 Å². The number of pyridine rings is 1. The first-order chi connectivity index (χ1) is 14.5. The monoisotopic (exact) mass is 447 g/mol. The molecule has 0 spiro atoms. The van der Waals surface area contributed by atoms with Crippen molar-refractivity contribution in [3.8, 4) is 0 Å². The Balaban J connectivity index is 1.30. The van der Waals surface area contributed by atoms with Crippen molar-refractivity contribution in [2.75, 3.05) is 31.5 Å². The van der Waals surface area contributed by atoms with Crippen molar-refractivity contribution in [2.45, 2.75) is 51.6 Å². The summed E-state index contributed by atoms with van der Waals surface area (Å²) in [4.78, 5) is 27.1. The number of hydrogen-bond donors (Lipinski definition) is 1. The first kappa shape index (κ1) is 21.5. The van der Waals surface area contributed by atoms with Crippen LogP contribution >= 0.6 is 22.9 Å². The lowest BCUT2D eigenvalue weighted by atomic mass is 9.95. The summed E-state index contributed by atoms with van der Waals surface area (Å²) in [6.45, 7) is 8.46. The minimum atomic E-state index is -0.0148. The number of piperidine rings is 2. The zero-order valence-corrected chi connectivity index (χ0v) is 19.3. The van der Waals surface area contributed by atoms with Crippen molar-refractivity contribution in [3.05, 3.63) is 40.1 Å².